The summed E-state index contributed by atoms with van der Waals surface area (Å²) in [7, 11) is 0. The Balaban J connectivity index is 2.08. The molecule has 1 heterocycles. The molecule has 3 aromatic rings. The minimum Gasteiger partial charge on any atom is -0.355 e. The highest BCUT2D eigenvalue weighted by Gasteiger charge is 2.15. The second-order valence-corrected chi connectivity index (χ2v) is 7.55. The van der Waals surface area contributed by atoms with Gasteiger partial charge in [-0.3, -0.25) is 14.2 Å². The molecule has 0 bridgehead atoms. The number of benzene rings is 2. The summed E-state index contributed by atoms with van der Waals surface area (Å²) >= 11 is 7.30. The molecule has 3 rings (SSSR count). The summed E-state index contributed by atoms with van der Waals surface area (Å²) in [6.07, 6.45) is 0.872. The van der Waals surface area contributed by atoms with Gasteiger partial charge in [-0.2, -0.15) is 0 Å². The van der Waals surface area contributed by atoms with Gasteiger partial charge in [0.1, 0.15) is 0 Å². The molecule has 0 unspecified atom stereocenters. The monoisotopic (exact) mass is 401 g/mol. The Bertz CT molecular complexity index is 1030. The predicted octanol–water partition coefficient (Wildman–Crippen LogP) is 3.97. The number of rotatable bonds is 6. The smallest absolute Gasteiger partial charge is 0.266 e. The molecule has 2 aromatic carbocycles. The first-order valence-corrected chi connectivity index (χ1v) is 10.0. The van der Waals surface area contributed by atoms with Crippen LogP contribution in [0.3, 0.4) is 0 Å². The SMILES string of the molecule is CCCNC(=O)CSc1nc2cc(Cl)ccc2c(=O)n1-c1ccc(C)cc1. The van der Waals surface area contributed by atoms with E-state index in [2.05, 4.69) is 10.3 Å². The van der Waals surface area contributed by atoms with Crippen LogP contribution in [0.5, 0.6) is 0 Å². The Labute approximate surface area is 166 Å². The van der Waals surface area contributed by atoms with Crippen LogP contribution >= 0.6 is 23.4 Å². The number of nitrogens with one attached hydrogen (secondary N) is 1. The molecular formula is C20H20ClN3O2S. The molecule has 1 amide bonds. The van der Waals surface area contributed by atoms with Gasteiger partial charge < -0.3 is 5.32 Å². The summed E-state index contributed by atoms with van der Waals surface area (Å²) in [5.41, 5.74) is 2.15. The zero-order valence-electron chi connectivity index (χ0n) is 15.2. The quantitative estimate of drug-likeness (QED) is 0.501. The van der Waals surface area contributed by atoms with E-state index >= 15 is 0 Å². The zero-order chi connectivity index (χ0) is 19.4. The molecule has 1 aromatic heterocycles. The van der Waals surface area contributed by atoms with E-state index in [1.165, 1.54) is 11.8 Å². The topological polar surface area (TPSA) is 64.0 Å². The van der Waals surface area contributed by atoms with Crippen molar-refractivity contribution in [2.75, 3.05) is 12.3 Å². The normalized spacial score (nSPS) is 10.9. The predicted molar refractivity (Wildman–Crippen MR) is 111 cm³/mol. The summed E-state index contributed by atoms with van der Waals surface area (Å²) in [4.78, 5) is 29.7. The van der Waals surface area contributed by atoms with Crippen LogP contribution in [0.1, 0.15) is 18.9 Å². The molecule has 0 spiro atoms. The van der Waals surface area contributed by atoms with E-state index in [1.807, 2.05) is 38.1 Å². The largest absolute Gasteiger partial charge is 0.355 e. The average molecular weight is 402 g/mol. The van der Waals surface area contributed by atoms with Crippen LogP contribution in [0.25, 0.3) is 16.6 Å². The number of amides is 1. The number of nitrogens with zero attached hydrogens (tertiary/aromatic N) is 2. The van der Waals surface area contributed by atoms with Crippen molar-refractivity contribution >= 4 is 40.2 Å². The van der Waals surface area contributed by atoms with Gasteiger partial charge in [-0.1, -0.05) is 48.0 Å². The minimum atomic E-state index is -0.183. The van der Waals surface area contributed by atoms with Gasteiger partial charge in [-0.25, -0.2) is 4.98 Å². The minimum absolute atomic E-state index is 0.0854. The molecule has 1 N–H and O–H groups in total. The van der Waals surface area contributed by atoms with Gasteiger partial charge in [0.15, 0.2) is 5.16 Å². The Morgan fingerprint density at radius 1 is 1.22 bits per heavy atom. The Morgan fingerprint density at radius 2 is 1.96 bits per heavy atom. The molecule has 140 valence electrons. The van der Waals surface area contributed by atoms with E-state index < -0.39 is 0 Å². The first kappa shape index (κ1) is 19.5. The number of hydrogen-bond donors (Lipinski definition) is 1. The lowest BCUT2D eigenvalue weighted by molar-refractivity contribution is -0.118. The van der Waals surface area contributed by atoms with E-state index in [-0.39, 0.29) is 17.2 Å². The van der Waals surface area contributed by atoms with Crippen LogP contribution in [0.4, 0.5) is 0 Å². The molecule has 0 saturated heterocycles. The molecule has 0 fully saturated rings. The lowest BCUT2D eigenvalue weighted by Gasteiger charge is -2.13. The van der Waals surface area contributed by atoms with E-state index in [1.54, 1.807) is 22.8 Å². The van der Waals surface area contributed by atoms with Crippen molar-refractivity contribution < 1.29 is 4.79 Å². The maximum absolute atomic E-state index is 13.1. The van der Waals surface area contributed by atoms with Gasteiger partial charge in [-0.15, -0.1) is 0 Å². The van der Waals surface area contributed by atoms with E-state index in [0.717, 1.165) is 12.0 Å². The van der Waals surface area contributed by atoms with E-state index in [0.29, 0.717) is 33.3 Å². The van der Waals surface area contributed by atoms with Gasteiger partial charge in [0.2, 0.25) is 5.91 Å². The molecule has 0 saturated carbocycles. The van der Waals surface area contributed by atoms with E-state index in [4.69, 9.17) is 11.6 Å². The summed E-state index contributed by atoms with van der Waals surface area (Å²) in [5, 5.41) is 4.30. The first-order valence-electron chi connectivity index (χ1n) is 8.68. The van der Waals surface area contributed by atoms with Crippen LogP contribution in [-0.4, -0.2) is 27.8 Å². The fraction of sp³-hybridized carbons (Fsp3) is 0.250. The van der Waals surface area contributed by atoms with Gasteiger partial charge in [0.05, 0.1) is 22.3 Å². The van der Waals surface area contributed by atoms with Crippen molar-refractivity contribution in [3.8, 4) is 5.69 Å². The number of hydrogen-bond acceptors (Lipinski definition) is 4. The maximum Gasteiger partial charge on any atom is 0.266 e. The molecule has 5 nitrogen and oxygen atoms in total. The maximum atomic E-state index is 13.1. The molecule has 27 heavy (non-hydrogen) atoms. The summed E-state index contributed by atoms with van der Waals surface area (Å²) in [5.74, 6) is 0.0995. The lowest BCUT2D eigenvalue weighted by Crippen LogP contribution is -2.27. The molecular weight excluding hydrogens is 382 g/mol. The van der Waals surface area contributed by atoms with Crippen molar-refractivity contribution in [1.29, 1.82) is 0 Å². The number of thioether (sulfide) groups is 1. The molecule has 7 heteroatoms. The van der Waals surface area contributed by atoms with Crippen molar-refractivity contribution in [2.24, 2.45) is 0 Å². The van der Waals surface area contributed by atoms with Gasteiger partial charge in [0.25, 0.3) is 5.56 Å². The molecule has 0 atom stereocenters. The Hall–Kier alpha value is -2.31. The Morgan fingerprint density at radius 3 is 2.67 bits per heavy atom. The molecule has 0 radical (unpaired) electrons. The van der Waals surface area contributed by atoms with Crippen molar-refractivity contribution in [3.63, 3.8) is 0 Å². The summed E-state index contributed by atoms with van der Waals surface area (Å²) in [6, 6.07) is 12.7. The summed E-state index contributed by atoms with van der Waals surface area (Å²) in [6.45, 7) is 4.61. The van der Waals surface area contributed by atoms with Crippen LogP contribution in [0.15, 0.2) is 52.4 Å². The highest BCUT2D eigenvalue weighted by molar-refractivity contribution is 7.99. The third-order valence-electron chi connectivity index (χ3n) is 4.00. The van der Waals surface area contributed by atoms with Crippen molar-refractivity contribution in [1.82, 2.24) is 14.9 Å². The molecule has 0 aliphatic rings. The van der Waals surface area contributed by atoms with Crippen LogP contribution in [0.2, 0.25) is 5.02 Å². The fourth-order valence-corrected chi connectivity index (χ4v) is 3.61. The van der Waals surface area contributed by atoms with Crippen LogP contribution in [-0.2, 0) is 4.79 Å². The fourth-order valence-electron chi connectivity index (χ4n) is 2.60. The molecule has 0 aliphatic carbocycles. The highest BCUT2D eigenvalue weighted by Crippen LogP contribution is 2.23. The second kappa shape index (κ2) is 8.59. The molecule has 0 aliphatic heterocycles. The third-order valence-corrected chi connectivity index (χ3v) is 5.17. The van der Waals surface area contributed by atoms with E-state index in [9.17, 15) is 9.59 Å². The number of carbonyl (C=O) groups is 1. The van der Waals surface area contributed by atoms with Gasteiger partial charge in [0, 0.05) is 11.6 Å². The highest BCUT2D eigenvalue weighted by atomic mass is 35.5. The van der Waals surface area contributed by atoms with Crippen molar-refractivity contribution in [3.05, 3.63) is 63.4 Å². The second-order valence-electron chi connectivity index (χ2n) is 6.17. The van der Waals surface area contributed by atoms with Crippen molar-refractivity contribution in [2.45, 2.75) is 25.4 Å². The number of halogens is 1. The third kappa shape index (κ3) is 4.51. The number of carbonyl (C=O) groups excluding carboxylic acids is 1. The zero-order valence-corrected chi connectivity index (χ0v) is 16.7. The number of fused-ring (bicyclic) bond motifs is 1. The number of aromatic nitrogens is 2. The lowest BCUT2D eigenvalue weighted by atomic mass is 10.2. The van der Waals surface area contributed by atoms with Gasteiger partial charge >= 0.3 is 0 Å². The average Bonchev–Trinajstić information content (AvgIpc) is 2.65. The van der Waals surface area contributed by atoms with Crippen LogP contribution < -0.4 is 10.9 Å². The standard InChI is InChI=1S/C20H20ClN3O2S/c1-3-10-22-18(25)12-27-20-23-17-11-14(21)6-9-16(17)19(26)24(20)15-7-4-13(2)5-8-15/h4-9,11H,3,10,12H2,1-2H3,(H,22,25). The number of aryl methyl sites for hydroxylation is 1. The van der Waals surface area contributed by atoms with Crippen LogP contribution in [0, 0.1) is 6.92 Å². The summed E-state index contributed by atoms with van der Waals surface area (Å²) < 4.78 is 1.55. The Kier molecular flexibility index (Phi) is 6.19. The first-order chi connectivity index (χ1) is 13.0. The van der Waals surface area contributed by atoms with Gasteiger partial charge in [-0.05, 0) is 43.7 Å².